The van der Waals surface area contributed by atoms with Gasteiger partial charge in [-0.25, -0.2) is 4.57 Å². The van der Waals surface area contributed by atoms with Crippen LogP contribution in [0.2, 0.25) is 13.6 Å². The SMILES string of the molecule is CB(O)N(C)CCO.CCCCCCCC/C=C/CCCCCCCC(=O)OCC(COP(=O)([O-])OCCCC)OC(=O)CCCCCCC/C=C/CCCCCCCC.CCOCC(COP(=O)(OC)OCCN(C)B(C)O)OCC. The average Bonchev–Trinajstić information content (AvgIpc) is 3.45. The molecule has 0 aliphatic rings. The zero-order chi connectivity index (χ0) is 61.8. The fourth-order valence-corrected chi connectivity index (χ4v) is 9.32. The van der Waals surface area contributed by atoms with E-state index in [0.29, 0.717) is 45.8 Å². The number of esters is 2. The number of aliphatic hydroxyl groups excluding tert-OH is 1. The summed E-state index contributed by atoms with van der Waals surface area (Å²) in [6, 6.07) is 0. The zero-order valence-corrected chi connectivity index (χ0v) is 55.2. The standard InChI is InChI=1S/C43H81O8P.C12H29BNO7P.C4H12BNO2/c1-4-7-10-12-14-16-18-20-22-24-26-28-30-32-34-36-42(44)48-39-41(40-50-52(46,47)49-38-9-6-3)51-43(45)37-35-33-31-29-27-25-23-21-19-17-15-13-11-8-5-2;1-6-18-10-12(19-7-2)11-21-22(16,17-5)20-9-8-14(4)13(3)15;1-5(8)6(2)3-4-7/h20-23,41H,4-19,24-40H2,1-3H3,(H,46,47);12,15H,6-11H2,1-5H3;7-8H,3-4H2,1-2H3/p-1/b22-20+,23-21+;;. The predicted molar refractivity (Wildman–Crippen MR) is 333 cm³/mol. The quantitative estimate of drug-likeness (QED) is 0.0169. The number of phosphoric ester groups is 2. The van der Waals surface area contributed by atoms with Gasteiger partial charge in [-0.15, -0.1) is 0 Å². The molecule has 0 aliphatic heterocycles. The number of aliphatic hydroxyl groups is 1. The predicted octanol–water partition coefficient (Wildman–Crippen LogP) is 13.1. The molecule has 4 atom stereocenters. The average molecular weight is 1210 g/mol. The summed E-state index contributed by atoms with van der Waals surface area (Å²) in [6.07, 6.45) is 40.2. The summed E-state index contributed by atoms with van der Waals surface area (Å²) in [4.78, 5) is 40.4. The Hall–Kier alpha value is -1.51. The Kier molecular flexibility index (Phi) is 64.6. The molecule has 486 valence electrons. The van der Waals surface area contributed by atoms with Gasteiger partial charge in [0.1, 0.15) is 12.7 Å². The molecule has 0 spiro atoms. The van der Waals surface area contributed by atoms with Crippen molar-refractivity contribution >= 4 is 41.7 Å². The molecule has 23 heteroatoms. The van der Waals surface area contributed by atoms with Crippen molar-refractivity contribution in [1.82, 2.24) is 9.62 Å². The Morgan fingerprint density at radius 1 is 0.524 bits per heavy atom. The number of carbonyl (C=O) groups is 2. The van der Waals surface area contributed by atoms with Crippen molar-refractivity contribution < 1.29 is 80.3 Å². The lowest BCUT2D eigenvalue weighted by molar-refractivity contribution is -0.228. The van der Waals surface area contributed by atoms with Gasteiger partial charge in [0.15, 0.2) is 6.10 Å². The first-order valence-electron chi connectivity index (χ1n) is 31.7. The highest BCUT2D eigenvalue weighted by molar-refractivity contribution is 7.48. The third kappa shape index (κ3) is 61.6. The van der Waals surface area contributed by atoms with E-state index >= 15 is 0 Å². The molecule has 0 rings (SSSR count). The number of hydrogen-bond donors (Lipinski definition) is 3. The molecule has 19 nitrogen and oxygen atoms in total. The van der Waals surface area contributed by atoms with Crippen molar-refractivity contribution in [2.24, 2.45) is 0 Å². The molecule has 0 saturated carbocycles. The molecule has 4 unspecified atom stereocenters. The summed E-state index contributed by atoms with van der Waals surface area (Å²) in [5, 5.41) is 26.4. The smallest absolute Gasteiger partial charge is 0.474 e. The fraction of sp³-hybridized carbons (Fsp3) is 0.898. The van der Waals surface area contributed by atoms with Gasteiger partial charge in [0.2, 0.25) is 0 Å². The van der Waals surface area contributed by atoms with Crippen molar-refractivity contribution in [2.45, 2.75) is 253 Å². The van der Waals surface area contributed by atoms with E-state index in [1.54, 1.807) is 37.4 Å². The van der Waals surface area contributed by atoms with Crippen molar-refractivity contribution in [3.8, 4) is 0 Å². The van der Waals surface area contributed by atoms with E-state index < -0.39 is 48.4 Å². The van der Waals surface area contributed by atoms with Crippen LogP contribution in [0.5, 0.6) is 0 Å². The normalized spacial score (nSPS) is 13.8. The Bertz CT molecular complexity index is 1560. The van der Waals surface area contributed by atoms with Gasteiger partial charge in [-0.1, -0.05) is 154 Å². The van der Waals surface area contributed by atoms with Crippen LogP contribution in [0.25, 0.3) is 0 Å². The van der Waals surface area contributed by atoms with Gasteiger partial charge in [-0.3, -0.25) is 27.7 Å². The first-order chi connectivity index (χ1) is 39.4. The third-order valence-corrected chi connectivity index (χ3v) is 15.5. The van der Waals surface area contributed by atoms with E-state index in [2.05, 4.69) is 38.2 Å². The molecule has 82 heavy (non-hydrogen) atoms. The lowest BCUT2D eigenvalue weighted by Crippen LogP contribution is -2.35. The Morgan fingerprint density at radius 3 is 1.39 bits per heavy atom. The van der Waals surface area contributed by atoms with E-state index in [1.807, 2.05) is 20.8 Å². The van der Waals surface area contributed by atoms with Crippen LogP contribution in [0.3, 0.4) is 0 Å². The van der Waals surface area contributed by atoms with Crippen LogP contribution < -0.4 is 4.89 Å². The van der Waals surface area contributed by atoms with Crippen LogP contribution in [-0.4, -0.2) is 157 Å². The summed E-state index contributed by atoms with van der Waals surface area (Å²) >= 11 is 0. The van der Waals surface area contributed by atoms with Crippen molar-refractivity contribution in [3.05, 3.63) is 24.3 Å². The molecular weight excluding hydrogens is 1090 g/mol. The molecule has 0 amide bonds. The van der Waals surface area contributed by atoms with Crippen LogP contribution in [-0.2, 0) is 60.3 Å². The minimum Gasteiger partial charge on any atom is -0.756 e. The highest BCUT2D eigenvalue weighted by Gasteiger charge is 2.28. The Balaban J connectivity index is -0.00000169. The van der Waals surface area contributed by atoms with Crippen molar-refractivity contribution in [3.63, 3.8) is 0 Å². The van der Waals surface area contributed by atoms with E-state index in [9.17, 15) is 28.6 Å². The van der Waals surface area contributed by atoms with Crippen LogP contribution >= 0.6 is 15.6 Å². The van der Waals surface area contributed by atoms with Gasteiger partial charge in [0.25, 0.3) is 7.82 Å². The molecule has 0 aromatic rings. The number of hydrogen-bond acceptors (Lipinski definition) is 19. The third-order valence-electron chi connectivity index (χ3n) is 13.2. The lowest BCUT2D eigenvalue weighted by Gasteiger charge is -2.25. The summed E-state index contributed by atoms with van der Waals surface area (Å²) in [6.45, 7) is 15.4. The maximum Gasteiger partial charge on any atom is 0.474 e. The molecule has 0 saturated heterocycles. The second-order valence-electron chi connectivity index (χ2n) is 20.8. The van der Waals surface area contributed by atoms with E-state index in [0.717, 1.165) is 77.0 Å². The summed E-state index contributed by atoms with van der Waals surface area (Å²) < 4.78 is 71.2. The number of ether oxygens (including phenoxy) is 4. The van der Waals surface area contributed by atoms with Gasteiger partial charge in [-0.05, 0) is 112 Å². The lowest BCUT2D eigenvalue weighted by atomic mass is 9.86. The topological polar surface area (TPSA) is 242 Å². The minimum atomic E-state index is -4.56. The molecule has 0 aliphatic carbocycles. The van der Waals surface area contributed by atoms with Crippen molar-refractivity contribution in [1.29, 1.82) is 0 Å². The number of unbranched alkanes of at least 4 members (excludes halogenated alkanes) is 23. The maximum absolute atomic E-state index is 12.6. The van der Waals surface area contributed by atoms with Gasteiger partial charge >= 0.3 is 33.9 Å². The maximum atomic E-state index is 12.6. The molecule has 0 aromatic carbocycles. The van der Waals surface area contributed by atoms with Gasteiger partial charge < -0.3 is 57.7 Å². The second kappa shape index (κ2) is 62.5. The van der Waals surface area contributed by atoms with E-state index in [1.165, 1.54) is 97.0 Å². The van der Waals surface area contributed by atoms with E-state index in [4.69, 9.17) is 51.7 Å². The largest absolute Gasteiger partial charge is 0.756 e. The monoisotopic (exact) mass is 1210 g/mol. The van der Waals surface area contributed by atoms with Gasteiger partial charge in [0, 0.05) is 46.3 Å². The zero-order valence-electron chi connectivity index (χ0n) is 53.5. The number of phosphoric acid groups is 2. The van der Waals surface area contributed by atoms with Gasteiger partial charge in [0.05, 0.1) is 39.6 Å². The fourth-order valence-electron chi connectivity index (χ4n) is 7.61. The Labute approximate surface area is 500 Å². The first-order valence-corrected chi connectivity index (χ1v) is 34.6. The van der Waals surface area contributed by atoms with Crippen molar-refractivity contribution in [2.75, 3.05) is 93.8 Å². The molecule has 0 fully saturated rings. The number of likely N-dealkylation sites (N-methyl/N-ethyl adjacent to an activating group) is 2. The van der Waals surface area contributed by atoms with Crippen LogP contribution in [0.15, 0.2) is 24.3 Å². The number of carbonyl (C=O) groups excluding carboxylic acids is 2. The number of nitrogens with zero attached hydrogens (tertiary/aromatic N) is 2. The summed E-state index contributed by atoms with van der Waals surface area (Å²) in [5.74, 6) is -0.840. The molecule has 0 heterocycles. The molecule has 0 aromatic heterocycles. The van der Waals surface area contributed by atoms with Crippen LogP contribution in [0.1, 0.15) is 227 Å². The molecule has 0 bridgehead atoms. The van der Waals surface area contributed by atoms with E-state index in [-0.39, 0.29) is 57.9 Å². The first kappa shape index (κ1) is 84.7. The highest BCUT2D eigenvalue weighted by atomic mass is 31.2. The van der Waals surface area contributed by atoms with Crippen LogP contribution in [0.4, 0.5) is 0 Å². The summed E-state index contributed by atoms with van der Waals surface area (Å²) in [7, 11) is -4.53. The summed E-state index contributed by atoms with van der Waals surface area (Å²) in [5.41, 5.74) is 0. The Morgan fingerprint density at radius 2 is 0.963 bits per heavy atom. The number of allylic oxidation sites excluding steroid dienone is 4. The van der Waals surface area contributed by atoms with Crippen LogP contribution in [0, 0.1) is 0 Å². The second-order valence-corrected chi connectivity index (χ2v) is 24.0. The highest BCUT2D eigenvalue weighted by Crippen LogP contribution is 2.48. The minimum absolute atomic E-state index is 0.0299. The molecule has 3 N–H and O–H groups in total. The molecule has 0 radical (unpaired) electrons. The van der Waals surface area contributed by atoms with Gasteiger partial charge in [-0.2, -0.15) is 0 Å². The number of rotatable bonds is 57. The molecular formula is C59H121B2N2O17P2-.